The van der Waals surface area contributed by atoms with Gasteiger partial charge in [-0.2, -0.15) is 5.10 Å². The topological polar surface area (TPSA) is 73.3 Å². The standard InChI is InChI=1S/C11H19N3O2/c1-3-14-10(9(16-2)7-13-14)11(15)5-4-8(12)6-11/h7-8,15H,3-6,12H2,1-2H3. The maximum Gasteiger partial charge on any atom is 0.162 e. The van der Waals surface area contributed by atoms with Crippen LogP contribution < -0.4 is 10.5 Å². The predicted molar refractivity (Wildman–Crippen MR) is 60.2 cm³/mol. The van der Waals surface area contributed by atoms with E-state index in [4.69, 9.17) is 10.5 Å². The van der Waals surface area contributed by atoms with Crippen LogP contribution in [-0.4, -0.2) is 28.0 Å². The van der Waals surface area contributed by atoms with Crippen LogP contribution in [0, 0.1) is 0 Å². The molecule has 90 valence electrons. The second kappa shape index (κ2) is 4.07. The number of aliphatic hydroxyl groups is 1. The van der Waals surface area contributed by atoms with Gasteiger partial charge in [0.25, 0.3) is 0 Å². The van der Waals surface area contributed by atoms with Crippen molar-refractivity contribution in [2.24, 2.45) is 5.73 Å². The average molecular weight is 225 g/mol. The Morgan fingerprint density at radius 3 is 3.00 bits per heavy atom. The van der Waals surface area contributed by atoms with Crippen LogP contribution in [0.2, 0.25) is 0 Å². The Labute approximate surface area is 95.2 Å². The highest BCUT2D eigenvalue weighted by Crippen LogP contribution is 2.41. The summed E-state index contributed by atoms with van der Waals surface area (Å²) < 4.78 is 7.05. The number of aryl methyl sites for hydroxylation is 1. The zero-order chi connectivity index (χ0) is 11.8. The minimum atomic E-state index is -0.878. The first-order chi connectivity index (χ1) is 7.60. The summed E-state index contributed by atoms with van der Waals surface area (Å²) in [7, 11) is 1.60. The van der Waals surface area contributed by atoms with Gasteiger partial charge in [0, 0.05) is 12.6 Å². The lowest BCUT2D eigenvalue weighted by Crippen LogP contribution is -2.29. The van der Waals surface area contributed by atoms with Crippen molar-refractivity contribution in [3.05, 3.63) is 11.9 Å². The van der Waals surface area contributed by atoms with E-state index in [2.05, 4.69) is 5.10 Å². The monoisotopic (exact) mass is 225 g/mol. The summed E-state index contributed by atoms with van der Waals surface area (Å²) >= 11 is 0. The number of rotatable bonds is 3. The zero-order valence-electron chi connectivity index (χ0n) is 9.81. The van der Waals surface area contributed by atoms with Crippen LogP contribution in [0.1, 0.15) is 31.9 Å². The molecule has 3 N–H and O–H groups in total. The Hall–Kier alpha value is -1.07. The molecular formula is C11H19N3O2. The van der Waals surface area contributed by atoms with Crippen molar-refractivity contribution in [2.75, 3.05) is 7.11 Å². The van der Waals surface area contributed by atoms with E-state index < -0.39 is 5.60 Å². The van der Waals surface area contributed by atoms with Crippen molar-refractivity contribution >= 4 is 0 Å². The molecule has 1 saturated carbocycles. The third kappa shape index (κ3) is 1.70. The third-order valence-corrected chi connectivity index (χ3v) is 3.29. The van der Waals surface area contributed by atoms with Crippen molar-refractivity contribution in [3.8, 4) is 5.75 Å². The normalized spacial score (nSPS) is 29.6. The summed E-state index contributed by atoms with van der Waals surface area (Å²) in [5.41, 5.74) is 5.76. The van der Waals surface area contributed by atoms with Gasteiger partial charge < -0.3 is 15.6 Å². The van der Waals surface area contributed by atoms with Gasteiger partial charge in [0.05, 0.1) is 13.3 Å². The quantitative estimate of drug-likeness (QED) is 0.790. The van der Waals surface area contributed by atoms with Crippen LogP contribution >= 0.6 is 0 Å². The summed E-state index contributed by atoms with van der Waals surface area (Å²) in [6.45, 7) is 2.71. The second-order valence-electron chi connectivity index (χ2n) is 4.41. The number of aromatic nitrogens is 2. The molecule has 5 heteroatoms. The minimum Gasteiger partial charge on any atom is -0.493 e. The van der Waals surface area contributed by atoms with Gasteiger partial charge in [-0.05, 0) is 26.2 Å². The Morgan fingerprint density at radius 2 is 2.50 bits per heavy atom. The molecule has 0 saturated heterocycles. The molecule has 1 aliphatic rings. The van der Waals surface area contributed by atoms with Crippen LogP contribution in [-0.2, 0) is 12.1 Å². The van der Waals surface area contributed by atoms with E-state index in [1.165, 1.54) is 0 Å². The van der Waals surface area contributed by atoms with Crippen LogP contribution in [0.25, 0.3) is 0 Å². The van der Waals surface area contributed by atoms with E-state index in [9.17, 15) is 5.11 Å². The Morgan fingerprint density at radius 1 is 1.75 bits per heavy atom. The number of nitrogens with two attached hydrogens (primary N) is 1. The van der Waals surface area contributed by atoms with E-state index in [0.29, 0.717) is 18.6 Å². The molecule has 0 bridgehead atoms. The number of nitrogens with zero attached hydrogens (tertiary/aromatic N) is 2. The fraction of sp³-hybridized carbons (Fsp3) is 0.727. The highest BCUT2D eigenvalue weighted by atomic mass is 16.5. The van der Waals surface area contributed by atoms with Gasteiger partial charge in [0.2, 0.25) is 0 Å². The Kier molecular flexibility index (Phi) is 2.90. The lowest BCUT2D eigenvalue weighted by Gasteiger charge is -2.24. The fourth-order valence-electron chi connectivity index (χ4n) is 2.50. The van der Waals surface area contributed by atoms with Crippen LogP contribution in [0.15, 0.2) is 6.20 Å². The fourth-order valence-corrected chi connectivity index (χ4v) is 2.50. The highest BCUT2D eigenvalue weighted by molar-refractivity contribution is 5.32. The van der Waals surface area contributed by atoms with Crippen molar-refractivity contribution in [3.63, 3.8) is 0 Å². The molecule has 5 nitrogen and oxygen atoms in total. The summed E-state index contributed by atoms with van der Waals surface area (Å²) in [4.78, 5) is 0. The van der Waals surface area contributed by atoms with Crippen molar-refractivity contribution in [2.45, 2.75) is 44.4 Å². The molecule has 0 amide bonds. The first-order valence-corrected chi connectivity index (χ1v) is 5.69. The highest BCUT2D eigenvalue weighted by Gasteiger charge is 2.42. The van der Waals surface area contributed by atoms with Gasteiger partial charge in [-0.1, -0.05) is 0 Å². The lowest BCUT2D eigenvalue weighted by atomic mass is 9.97. The van der Waals surface area contributed by atoms with E-state index in [1.807, 2.05) is 6.92 Å². The molecule has 1 aromatic heterocycles. The minimum absolute atomic E-state index is 0.0647. The molecule has 1 aromatic rings. The Balaban J connectivity index is 2.41. The summed E-state index contributed by atoms with van der Waals surface area (Å²) in [5.74, 6) is 0.651. The van der Waals surface area contributed by atoms with Crippen molar-refractivity contribution in [1.82, 2.24) is 9.78 Å². The van der Waals surface area contributed by atoms with Gasteiger partial charge in [0.1, 0.15) is 11.3 Å². The maximum atomic E-state index is 10.6. The summed E-state index contributed by atoms with van der Waals surface area (Å²) in [6.07, 6.45) is 3.75. The number of methoxy groups -OCH3 is 1. The van der Waals surface area contributed by atoms with E-state index in [0.717, 1.165) is 18.7 Å². The zero-order valence-corrected chi connectivity index (χ0v) is 9.81. The molecule has 1 heterocycles. The molecule has 16 heavy (non-hydrogen) atoms. The summed E-state index contributed by atoms with van der Waals surface area (Å²) in [6, 6.07) is 0.0647. The molecule has 0 radical (unpaired) electrons. The van der Waals surface area contributed by atoms with Crippen molar-refractivity contribution < 1.29 is 9.84 Å². The predicted octanol–water partition coefficient (Wildman–Crippen LogP) is 0.610. The molecule has 0 spiro atoms. The van der Waals surface area contributed by atoms with Gasteiger partial charge in [0.15, 0.2) is 5.75 Å². The van der Waals surface area contributed by atoms with Gasteiger partial charge >= 0.3 is 0 Å². The summed E-state index contributed by atoms with van der Waals surface area (Å²) in [5, 5.41) is 14.8. The van der Waals surface area contributed by atoms with Crippen LogP contribution in [0.4, 0.5) is 0 Å². The molecule has 1 fully saturated rings. The molecule has 1 aliphatic carbocycles. The van der Waals surface area contributed by atoms with Gasteiger partial charge in [-0.15, -0.1) is 0 Å². The lowest BCUT2D eigenvalue weighted by molar-refractivity contribution is 0.0313. The molecular weight excluding hydrogens is 206 g/mol. The molecule has 2 unspecified atom stereocenters. The molecule has 0 aromatic carbocycles. The number of hydrogen-bond donors (Lipinski definition) is 2. The largest absolute Gasteiger partial charge is 0.493 e. The SMILES string of the molecule is CCn1ncc(OC)c1C1(O)CCC(N)C1. The maximum absolute atomic E-state index is 10.6. The van der Waals surface area contributed by atoms with E-state index >= 15 is 0 Å². The molecule has 2 rings (SSSR count). The first kappa shape index (κ1) is 11.4. The second-order valence-corrected chi connectivity index (χ2v) is 4.41. The van der Waals surface area contributed by atoms with Crippen molar-refractivity contribution in [1.29, 1.82) is 0 Å². The molecule has 2 atom stereocenters. The van der Waals surface area contributed by atoms with Gasteiger partial charge in [-0.25, -0.2) is 0 Å². The third-order valence-electron chi connectivity index (χ3n) is 3.29. The Bertz CT molecular complexity index is 356. The molecule has 0 aliphatic heterocycles. The number of hydrogen-bond acceptors (Lipinski definition) is 4. The first-order valence-electron chi connectivity index (χ1n) is 5.69. The van der Waals surface area contributed by atoms with Crippen LogP contribution in [0.5, 0.6) is 5.75 Å². The smallest absolute Gasteiger partial charge is 0.162 e. The van der Waals surface area contributed by atoms with Gasteiger partial charge in [-0.3, -0.25) is 4.68 Å². The van der Waals surface area contributed by atoms with Crippen LogP contribution in [0.3, 0.4) is 0 Å². The number of ether oxygens (including phenoxy) is 1. The van der Waals surface area contributed by atoms with E-state index in [-0.39, 0.29) is 6.04 Å². The average Bonchev–Trinajstić information content (AvgIpc) is 2.82. The van der Waals surface area contributed by atoms with E-state index in [1.54, 1.807) is 18.0 Å².